The first kappa shape index (κ1) is 24.2. The molecule has 1 N–H and O–H groups in total. The molecule has 9 heteroatoms. The van der Waals surface area contributed by atoms with Crippen molar-refractivity contribution in [2.75, 3.05) is 32.1 Å². The number of amides is 2. The molecule has 0 aliphatic carbocycles. The number of hydrogen-bond donors (Lipinski definition) is 1. The Morgan fingerprint density at radius 2 is 1.79 bits per heavy atom. The maximum absolute atomic E-state index is 13.3. The summed E-state index contributed by atoms with van der Waals surface area (Å²) in [5.74, 6) is -0.126. The number of fused-ring (bicyclic) bond motifs is 1. The van der Waals surface area contributed by atoms with Crippen molar-refractivity contribution in [3.63, 3.8) is 0 Å². The van der Waals surface area contributed by atoms with Crippen molar-refractivity contribution in [2.45, 2.75) is 50.0 Å². The topological polar surface area (TPSA) is 96.0 Å². The van der Waals surface area contributed by atoms with Gasteiger partial charge in [0.1, 0.15) is 10.6 Å². The highest BCUT2D eigenvalue weighted by Crippen LogP contribution is 2.34. The summed E-state index contributed by atoms with van der Waals surface area (Å²) in [5.41, 5.74) is 2.49. The molecule has 2 heterocycles. The Kier molecular flexibility index (Phi) is 7.23. The summed E-state index contributed by atoms with van der Waals surface area (Å²) in [6.45, 7) is 3.03. The highest BCUT2D eigenvalue weighted by Gasteiger charge is 2.32. The smallest absolute Gasteiger partial charge is 0.246 e. The number of carbonyl (C=O) groups is 2. The van der Waals surface area contributed by atoms with E-state index in [0.717, 1.165) is 36.8 Å². The summed E-state index contributed by atoms with van der Waals surface area (Å²) < 4.78 is 33.3. The number of nitrogens with one attached hydrogen (secondary N) is 1. The minimum absolute atomic E-state index is 0.0445. The van der Waals surface area contributed by atoms with Gasteiger partial charge in [0.25, 0.3) is 0 Å². The lowest BCUT2D eigenvalue weighted by Crippen LogP contribution is -2.40. The van der Waals surface area contributed by atoms with Crippen molar-refractivity contribution in [1.82, 2.24) is 9.21 Å². The summed E-state index contributed by atoms with van der Waals surface area (Å²) in [6, 6.07) is 12.1. The van der Waals surface area contributed by atoms with Crippen LogP contribution in [0.3, 0.4) is 0 Å². The quantitative estimate of drug-likeness (QED) is 0.677. The van der Waals surface area contributed by atoms with E-state index in [2.05, 4.69) is 5.32 Å². The van der Waals surface area contributed by atoms with Crippen LogP contribution in [0.15, 0.2) is 47.4 Å². The van der Waals surface area contributed by atoms with Gasteiger partial charge >= 0.3 is 0 Å². The molecule has 1 atom stereocenters. The van der Waals surface area contributed by atoms with Crippen LogP contribution in [0.25, 0.3) is 0 Å². The van der Waals surface area contributed by atoms with Gasteiger partial charge in [-0.2, -0.15) is 4.31 Å². The number of methoxy groups -OCH3 is 1. The lowest BCUT2D eigenvalue weighted by Gasteiger charge is -2.36. The van der Waals surface area contributed by atoms with Gasteiger partial charge in [0, 0.05) is 32.2 Å². The number of nitrogens with zero attached hydrogens (tertiary/aromatic N) is 2. The molecule has 1 saturated heterocycles. The van der Waals surface area contributed by atoms with Crippen LogP contribution in [-0.2, 0) is 26.0 Å². The van der Waals surface area contributed by atoms with E-state index in [-0.39, 0.29) is 34.9 Å². The molecular weight excluding hydrogens is 454 g/mol. The van der Waals surface area contributed by atoms with Gasteiger partial charge in [0.05, 0.1) is 19.6 Å². The number of carbonyl (C=O) groups excluding carboxylic acids is 2. The Morgan fingerprint density at radius 1 is 1.06 bits per heavy atom. The standard InChI is InChI=1S/C25H31N3O5S/c1-18(29)28-15-12-19-8-4-5-9-21(19)22(28)17-25(30)26-20-10-11-23(33-2)24(16-20)34(31,32)27-13-6-3-7-14-27/h4-5,8-11,16,22H,3,6-7,12-15,17H2,1-2H3,(H,26,30). The van der Waals surface area contributed by atoms with Gasteiger partial charge in [-0.05, 0) is 48.6 Å². The number of anilines is 1. The zero-order chi connectivity index (χ0) is 24.3. The Hall–Kier alpha value is -2.91. The molecule has 2 amide bonds. The lowest BCUT2D eigenvalue weighted by atomic mass is 9.90. The minimum atomic E-state index is -3.75. The van der Waals surface area contributed by atoms with Crippen molar-refractivity contribution < 1.29 is 22.7 Å². The highest BCUT2D eigenvalue weighted by atomic mass is 32.2. The molecule has 0 spiro atoms. The second kappa shape index (κ2) is 10.1. The van der Waals surface area contributed by atoms with Crippen molar-refractivity contribution in [3.05, 3.63) is 53.6 Å². The van der Waals surface area contributed by atoms with Crippen LogP contribution < -0.4 is 10.1 Å². The SMILES string of the molecule is COc1ccc(NC(=O)CC2c3ccccc3CCN2C(C)=O)cc1S(=O)(=O)N1CCCCC1. The van der Waals surface area contributed by atoms with Crippen LogP contribution in [0, 0.1) is 0 Å². The first-order valence-corrected chi connectivity index (χ1v) is 13.1. The van der Waals surface area contributed by atoms with Gasteiger partial charge in [-0.25, -0.2) is 8.42 Å². The average molecular weight is 486 g/mol. The van der Waals surface area contributed by atoms with Gasteiger partial charge in [-0.1, -0.05) is 30.7 Å². The molecule has 1 unspecified atom stereocenters. The predicted octanol–water partition coefficient (Wildman–Crippen LogP) is 3.34. The van der Waals surface area contributed by atoms with E-state index in [1.54, 1.807) is 17.0 Å². The number of piperidine rings is 1. The molecule has 0 saturated carbocycles. The van der Waals surface area contributed by atoms with Gasteiger partial charge in [-0.15, -0.1) is 0 Å². The maximum atomic E-state index is 13.3. The summed E-state index contributed by atoms with van der Waals surface area (Å²) in [5, 5.41) is 2.83. The summed E-state index contributed by atoms with van der Waals surface area (Å²) in [4.78, 5) is 27.0. The van der Waals surface area contributed by atoms with Crippen molar-refractivity contribution in [2.24, 2.45) is 0 Å². The fourth-order valence-corrected chi connectivity index (χ4v) is 6.54. The third-order valence-corrected chi connectivity index (χ3v) is 8.50. The molecule has 0 bridgehead atoms. The molecule has 1 fully saturated rings. The van der Waals surface area contributed by atoms with E-state index < -0.39 is 10.0 Å². The number of sulfonamides is 1. The third-order valence-electron chi connectivity index (χ3n) is 6.58. The van der Waals surface area contributed by atoms with E-state index >= 15 is 0 Å². The van der Waals surface area contributed by atoms with Crippen LogP contribution in [-0.4, -0.2) is 56.2 Å². The Morgan fingerprint density at radius 3 is 2.50 bits per heavy atom. The molecule has 8 nitrogen and oxygen atoms in total. The van der Waals surface area contributed by atoms with Gasteiger partial charge in [-0.3, -0.25) is 9.59 Å². The fourth-order valence-electron chi connectivity index (χ4n) is 4.84. The molecule has 2 aromatic carbocycles. The third kappa shape index (κ3) is 4.95. The minimum Gasteiger partial charge on any atom is -0.495 e. The molecule has 2 aromatic rings. The van der Waals surface area contributed by atoms with E-state index in [4.69, 9.17) is 4.74 Å². The molecule has 0 aromatic heterocycles. The number of hydrogen-bond acceptors (Lipinski definition) is 5. The zero-order valence-corrected chi connectivity index (χ0v) is 20.4. The molecule has 34 heavy (non-hydrogen) atoms. The van der Waals surface area contributed by atoms with E-state index in [0.29, 0.717) is 25.3 Å². The normalized spacial score (nSPS) is 18.8. The number of rotatable bonds is 6. The Labute approximate surface area is 200 Å². The molecule has 0 radical (unpaired) electrons. The Bertz CT molecular complexity index is 1170. The second-order valence-corrected chi connectivity index (χ2v) is 10.7. The molecule has 2 aliphatic heterocycles. The number of benzene rings is 2. The van der Waals surface area contributed by atoms with Gasteiger partial charge in [0.2, 0.25) is 21.8 Å². The molecule has 4 rings (SSSR count). The van der Waals surface area contributed by atoms with Crippen LogP contribution >= 0.6 is 0 Å². The lowest BCUT2D eigenvalue weighted by molar-refractivity contribution is -0.132. The fraction of sp³-hybridized carbons (Fsp3) is 0.440. The Balaban J connectivity index is 1.56. The predicted molar refractivity (Wildman–Crippen MR) is 129 cm³/mol. The van der Waals surface area contributed by atoms with Crippen LogP contribution in [0.4, 0.5) is 5.69 Å². The van der Waals surface area contributed by atoms with Crippen molar-refractivity contribution in [1.29, 1.82) is 0 Å². The number of ether oxygens (including phenoxy) is 1. The highest BCUT2D eigenvalue weighted by molar-refractivity contribution is 7.89. The monoisotopic (exact) mass is 485 g/mol. The van der Waals surface area contributed by atoms with Crippen molar-refractivity contribution in [3.8, 4) is 5.75 Å². The van der Waals surface area contributed by atoms with Crippen molar-refractivity contribution >= 4 is 27.5 Å². The van der Waals surface area contributed by atoms with Gasteiger partial charge in [0.15, 0.2) is 0 Å². The zero-order valence-electron chi connectivity index (χ0n) is 19.6. The average Bonchev–Trinajstić information content (AvgIpc) is 2.84. The largest absolute Gasteiger partial charge is 0.495 e. The molecular formula is C25H31N3O5S. The van der Waals surface area contributed by atoms with E-state index in [1.807, 2.05) is 24.3 Å². The molecule has 2 aliphatic rings. The summed E-state index contributed by atoms with van der Waals surface area (Å²) in [7, 11) is -2.32. The first-order valence-electron chi connectivity index (χ1n) is 11.6. The van der Waals surface area contributed by atoms with Gasteiger partial charge < -0.3 is 15.0 Å². The van der Waals surface area contributed by atoms with Crippen LogP contribution in [0.1, 0.15) is 49.8 Å². The van der Waals surface area contributed by atoms with Crippen LogP contribution in [0.5, 0.6) is 5.75 Å². The summed E-state index contributed by atoms with van der Waals surface area (Å²) >= 11 is 0. The van der Waals surface area contributed by atoms with E-state index in [1.165, 1.54) is 24.4 Å². The second-order valence-electron chi connectivity index (χ2n) is 8.76. The first-order chi connectivity index (χ1) is 16.3. The van der Waals surface area contributed by atoms with Crippen LogP contribution in [0.2, 0.25) is 0 Å². The van der Waals surface area contributed by atoms with E-state index in [9.17, 15) is 18.0 Å². The maximum Gasteiger partial charge on any atom is 0.246 e. The molecule has 182 valence electrons. The summed E-state index contributed by atoms with van der Waals surface area (Å²) in [6.07, 6.45) is 3.50.